The number of carbonyl (C=O) groups is 1. The summed E-state index contributed by atoms with van der Waals surface area (Å²) in [6.45, 7) is 1.15. The van der Waals surface area contributed by atoms with Crippen molar-refractivity contribution in [2.75, 3.05) is 20.1 Å². The molecule has 0 aliphatic heterocycles. The van der Waals surface area contributed by atoms with Gasteiger partial charge in [0, 0.05) is 13.0 Å². The van der Waals surface area contributed by atoms with Gasteiger partial charge in [0.1, 0.15) is 0 Å². The molecule has 0 aromatic heterocycles. The van der Waals surface area contributed by atoms with Gasteiger partial charge in [-0.2, -0.15) is 0 Å². The summed E-state index contributed by atoms with van der Waals surface area (Å²) in [5.74, 6) is -0.0228. The van der Waals surface area contributed by atoms with Gasteiger partial charge in [0.05, 0.1) is 4.90 Å². The third-order valence-corrected chi connectivity index (χ3v) is 4.28. The maximum Gasteiger partial charge on any atom is 0.240 e. The van der Waals surface area contributed by atoms with Gasteiger partial charge < -0.3 is 11.1 Å². The molecule has 1 aromatic rings. The zero-order valence-corrected chi connectivity index (χ0v) is 13.6. The fraction of sp³-hybridized carbons (Fsp3) is 0.462. The second-order valence-electron chi connectivity index (χ2n) is 4.34. The van der Waals surface area contributed by atoms with Crippen LogP contribution < -0.4 is 15.8 Å². The molecule has 0 atom stereocenters. The van der Waals surface area contributed by atoms with E-state index in [9.17, 15) is 13.2 Å². The number of sulfonamides is 1. The van der Waals surface area contributed by atoms with E-state index < -0.39 is 10.0 Å². The van der Waals surface area contributed by atoms with Crippen LogP contribution in [0.15, 0.2) is 29.2 Å². The standard InChI is InChI=1S/C13H21N3O3S.ClH/c1-15-20(18,19)12-6-3-11(4-7-12)5-8-13(17)16-10-2-9-14;/h3-4,6-7,15H,2,5,8-10,14H2,1H3,(H,16,17);1H. The van der Waals surface area contributed by atoms with Gasteiger partial charge in [-0.3, -0.25) is 4.79 Å². The first-order chi connectivity index (χ1) is 9.49. The lowest BCUT2D eigenvalue weighted by Crippen LogP contribution is -2.26. The molecule has 0 saturated heterocycles. The van der Waals surface area contributed by atoms with E-state index in [1.165, 1.54) is 19.2 Å². The Morgan fingerprint density at radius 1 is 1.24 bits per heavy atom. The normalized spacial score (nSPS) is 10.8. The molecule has 4 N–H and O–H groups in total. The van der Waals surface area contributed by atoms with Crippen molar-refractivity contribution in [3.63, 3.8) is 0 Å². The van der Waals surface area contributed by atoms with Gasteiger partial charge in [0.2, 0.25) is 15.9 Å². The van der Waals surface area contributed by atoms with Gasteiger partial charge in [-0.05, 0) is 44.1 Å². The Morgan fingerprint density at radius 3 is 2.38 bits per heavy atom. The SMILES string of the molecule is CNS(=O)(=O)c1ccc(CCC(=O)NCCCN)cc1.Cl. The molecular weight excluding hydrogens is 314 g/mol. The minimum absolute atomic E-state index is 0. The quantitative estimate of drug-likeness (QED) is 0.599. The van der Waals surface area contributed by atoms with E-state index in [1.54, 1.807) is 12.1 Å². The maximum atomic E-state index is 11.5. The van der Waals surface area contributed by atoms with Crippen LogP contribution in [-0.4, -0.2) is 34.5 Å². The molecule has 1 aromatic carbocycles. The first kappa shape index (κ1) is 19.9. The Bertz CT molecular complexity index is 532. The molecule has 1 amide bonds. The van der Waals surface area contributed by atoms with Crippen molar-refractivity contribution in [3.8, 4) is 0 Å². The van der Waals surface area contributed by atoms with Gasteiger partial charge in [-0.1, -0.05) is 12.1 Å². The number of benzene rings is 1. The lowest BCUT2D eigenvalue weighted by Gasteiger charge is -2.06. The maximum absolute atomic E-state index is 11.5. The van der Waals surface area contributed by atoms with Crippen LogP contribution in [0.4, 0.5) is 0 Å². The van der Waals surface area contributed by atoms with Crippen LogP contribution in [0, 0.1) is 0 Å². The van der Waals surface area contributed by atoms with Gasteiger partial charge in [0.25, 0.3) is 0 Å². The molecule has 1 rings (SSSR count). The molecular formula is C13H22ClN3O3S. The van der Waals surface area contributed by atoms with Crippen molar-refractivity contribution in [2.24, 2.45) is 5.73 Å². The number of nitrogens with one attached hydrogen (secondary N) is 2. The third-order valence-electron chi connectivity index (χ3n) is 2.85. The summed E-state index contributed by atoms with van der Waals surface area (Å²) < 4.78 is 25.3. The van der Waals surface area contributed by atoms with Crippen molar-refractivity contribution in [3.05, 3.63) is 29.8 Å². The zero-order chi connectivity index (χ0) is 15.0. The molecule has 21 heavy (non-hydrogen) atoms. The highest BCUT2D eigenvalue weighted by molar-refractivity contribution is 7.89. The smallest absolute Gasteiger partial charge is 0.240 e. The van der Waals surface area contributed by atoms with E-state index in [-0.39, 0.29) is 23.2 Å². The number of halogens is 1. The highest BCUT2D eigenvalue weighted by Gasteiger charge is 2.10. The molecule has 0 saturated carbocycles. The van der Waals surface area contributed by atoms with E-state index >= 15 is 0 Å². The second-order valence-corrected chi connectivity index (χ2v) is 6.23. The molecule has 0 spiro atoms. The predicted octanol–water partition coefficient (Wildman–Crippen LogP) is 0.414. The average molecular weight is 336 g/mol. The molecule has 0 radical (unpaired) electrons. The number of rotatable bonds is 8. The number of aryl methyl sites for hydroxylation is 1. The minimum atomic E-state index is -3.40. The molecule has 6 nitrogen and oxygen atoms in total. The Labute approximate surface area is 132 Å². The van der Waals surface area contributed by atoms with Gasteiger partial charge in [-0.15, -0.1) is 12.4 Å². The fourth-order valence-electron chi connectivity index (χ4n) is 1.63. The largest absolute Gasteiger partial charge is 0.356 e. The highest BCUT2D eigenvalue weighted by Crippen LogP contribution is 2.11. The first-order valence-corrected chi connectivity index (χ1v) is 7.97. The van der Waals surface area contributed by atoms with Crippen LogP contribution in [0.25, 0.3) is 0 Å². The minimum Gasteiger partial charge on any atom is -0.356 e. The average Bonchev–Trinajstić information content (AvgIpc) is 2.46. The van der Waals surface area contributed by atoms with Crippen molar-refractivity contribution in [2.45, 2.75) is 24.2 Å². The monoisotopic (exact) mass is 335 g/mol. The Morgan fingerprint density at radius 2 is 1.86 bits per heavy atom. The molecule has 0 fully saturated rings. The van der Waals surface area contributed by atoms with Gasteiger partial charge in [0.15, 0.2) is 0 Å². The summed E-state index contributed by atoms with van der Waals surface area (Å²) in [4.78, 5) is 11.7. The fourth-order valence-corrected chi connectivity index (χ4v) is 2.36. The first-order valence-electron chi connectivity index (χ1n) is 6.49. The highest BCUT2D eigenvalue weighted by atomic mass is 35.5. The molecule has 0 heterocycles. The molecule has 8 heteroatoms. The summed E-state index contributed by atoms with van der Waals surface area (Å²) in [6.07, 6.45) is 1.72. The Balaban J connectivity index is 0.00000400. The van der Waals surface area contributed by atoms with Crippen LogP contribution >= 0.6 is 12.4 Å². The molecule has 0 aliphatic carbocycles. The predicted molar refractivity (Wildman–Crippen MR) is 84.9 cm³/mol. The summed E-state index contributed by atoms with van der Waals surface area (Å²) >= 11 is 0. The Hall–Kier alpha value is -1.15. The topological polar surface area (TPSA) is 101 Å². The van der Waals surface area contributed by atoms with E-state index in [4.69, 9.17) is 5.73 Å². The number of hydrogen-bond acceptors (Lipinski definition) is 4. The molecule has 0 aliphatic rings. The third kappa shape index (κ3) is 6.90. The van der Waals surface area contributed by atoms with Crippen LogP contribution in [0.5, 0.6) is 0 Å². The van der Waals surface area contributed by atoms with Gasteiger partial charge in [-0.25, -0.2) is 13.1 Å². The van der Waals surface area contributed by atoms with E-state index in [1.807, 2.05) is 0 Å². The zero-order valence-electron chi connectivity index (χ0n) is 12.0. The van der Waals surface area contributed by atoms with E-state index in [0.29, 0.717) is 25.9 Å². The van der Waals surface area contributed by atoms with Crippen LogP contribution in [-0.2, 0) is 21.2 Å². The van der Waals surface area contributed by atoms with Crippen molar-refractivity contribution in [1.82, 2.24) is 10.0 Å². The van der Waals surface area contributed by atoms with Crippen molar-refractivity contribution in [1.29, 1.82) is 0 Å². The van der Waals surface area contributed by atoms with Crippen LogP contribution in [0.2, 0.25) is 0 Å². The number of hydrogen-bond donors (Lipinski definition) is 3. The van der Waals surface area contributed by atoms with Crippen molar-refractivity contribution < 1.29 is 13.2 Å². The summed E-state index contributed by atoms with van der Waals surface area (Å²) in [6, 6.07) is 6.51. The van der Waals surface area contributed by atoms with Crippen molar-refractivity contribution >= 4 is 28.3 Å². The lowest BCUT2D eigenvalue weighted by molar-refractivity contribution is -0.121. The number of nitrogens with two attached hydrogens (primary N) is 1. The summed E-state index contributed by atoms with van der Waals surface area (Å²) in [5.41, 5.74) is 6.26. The molecule has 120 valence electrons. The Kier molecular flexibility index (Phi) is 9.19. The molecule has 0 bridgehead atoms. The van der Waals surface area contributed by atoms with E-state index in [2.05, 4.69) is 10.0 Å². The second kappa shape index (κ2) is 9.73. The van der Waals surface area contributed by atoms with Crippen LogP contribution in [0.1, 0.15) is 18.4 Å². The van der Waals surface area contributed by atoms with Crippen LogP contribution in [0.3, 0.4) is 0 Å². The summed E-state index contributed by atoms with van der Waals surface area (Å²) in [7, 11) is -2.03. The number of amides is 1. The molecule has 0 unspecified atom stereocenters. The van der Waals surface area contributed by atoms with E-state index in [0.717, 1.165) is 12.0 Å². The lowest BCUT2D eigenvalue weighted by atomic mass is 10.1. The number of carbonyl (C=O) groups excluding carboxylic acids is 1. The summed E-state index contributed by atoms with van der Waals surface area (Å²) in [5, 5.41) is 2.77. The van der Waals surface area contributed by atoms with Gasteiger partial charge >= 0.3 is 0 Å².